The monoisotopic (exact) mass is 870 g/mol. The van der Waals surface area contributed by atoms with Crippen molar-refractivity contribution in [1.82, 2.24) is 9.80 Å². The van der Waals surface area contributed by atoms with E-state index < -0.39 is 0 Å². The lowest BCUT2D eigenvalue weighted by Crippen LogP contribution is -2.46. The molecule has 7 rings (SSSR count). The van der Waals surface area contributed by atoms with Crippen LogP contribution in [0.15, 0.2) is 42.2 Å². The molecule has 0 N–H and O–H groups in total. The molecule has 0 fully saturated rings. The standard InChI is InChI=1S/C36H30Br4N2O4/c1-5-7-9-15(3)41-33(43)17-11-21(37)27-29-23(39)13-19-26-20(36(46)42(35(19)45)16(4)10-8-6-2)14-24(40)30(32(26)29)28-22(38)12-18(34(41)44)25(17)31(27)28/h11-16H,5-10H2,1-4H3. The molecule has 0 radical (unpaired) electrons. The molecule has 0 aromatic heterocycles. The maximum Gasteiger partial charge on any atom is 0.261 e. The molecule has 4 amide bonds. The molecule has 2 unspecified atom stereocenters. The highest BCUT2D eigenvalue weighted by Crippen LogP contribution is 2.54. The van der Waals surface area contributed by atoms with E-state index >= 15 is 0 Å². The van der Waals surface area contributed by atoms with Gasteiger partial charge in [0.05, 0.1) is 0 Å². The highest BCUT2D eigenvalue weighted by Gasteiger charge is 2.41. The van der Waals surface area contributed by atoms with Crippen molar-refractivity contribution in [2.24, 2.45) is 0 Å². The van der Waals surface area contributed by atoms with Crippen LogP contribution < -0.4 is 0 Å². The lowest BCUT2D eigenvalue weighted by atomic mass is 9.81. The van der Waals surface area contributed by atoms with Crippen LogP contribution in [0.1, 0.15) is 108 Å². The molecule has 0 aliphatic carbocycles. The highest BCUT2D eigenvalue weighted by molar-refractivity contribution is 9.11. The maximum absolute atomic E-state index is 14.1. The largest absolute Gasteiger partial charge is 0.272 e. The minimum Gasteiger partial charge on any atom is -0.272 e. The molecule has 2 atom stereocenters. The number of hydrogen-bond donors (Lipinski definition) is 0. The van der Waals surface area contributed by atoms with Gasteiger partial charge in [0.1, 0.15) is 0 Å². The van der Waals surface area contributed by atoms with Crippen LogP contribution in [0.25, 0.3) is 43.1 Å². The normalized spacial score (nSPS) is 16.3. The Kier molecular flexibility index (Phi) is 8.13. The van der Waals surface area contributed by atoms with Gasteiger partial charge in [-0.15, -0.1) is 0 Å². The molecule has 46 heavy (non-hydrogen) atoms. The van der Waals surface area contributed by atoms with E-state index in [1.165, 1.54) is 9.80 Å². The number of carbonyl (C=O) groups excluding carboxylic acids is 4. The van der Waals surface area contributed by atoms with E-state index in [4.69, 9.17) is 0 Å². The van der Waals surface area contributed by atoms with E-state index in [-0.39, 0.29) is 35.7 Å². The fourth-order valence-corrected chi connectivity index (χ4v) is 10.1. The number of benzene rings is 5. The summed E-state index contributed by atoms with van der Waals surface area (Å²) in [6.45, 7) is 8.06. The molecular weight excluding hydrogens is 844 g/mol. The van der Waals surface area contributed by atoms with Gasteiger partial charge in [-0.25, -0.2) is 0 Å². The van der Waals surface area contributed by atoms with Crippen molar-refractivity contribution >= 4 is 130 Å². The summed E-state index contributed by atoms with van der Waals surface area (Å²) in [6, 6.07) is 6.80. The second-order valence-corrected chi connectivity index (χ2v) is 16.0. The Balaban J connectivity index is 1.60. The Morgan fingerprint density at radius 1 is 0.478 bits per heavy atom. The molecule has 5 aromatic rings. The minimum absolute atomic E-state index is 0.243. The summed E-state index contributed by atoms with van der Waals surface area (Å²) >= 11 is 15.3. The van der Waals surface area contributed by atoms with Gasteiger partial charge in [-0.3, -0.25) is 29.0 Å². The van der Waals surface area contributed by atoms with Crippen LogP contribution in [-0.2, 0) is 0 Å². The van der Waals surface area contributed by atoms with E-state index in [0.717, 1.165) is 70.8 Å². The van der Waals surface area contributed by atoms with Gasteiger partial charge in [0.25, 0.3) is 23.6 Å². The molecule has 0 saturated carbocycles. The Bertz CT molecular complexity index is 1920. The number of imide groups is 2. The number of carbonyl (C=O) groups is 4. The van der Waals surface area contributed by atoms with Crippen molar-refractivity contribution in [2.75, 3.05) is 0 Å². The first-order valence-electron chi connectivity index (χ1n) is 15.7. The van der Waals surface area contributed by atoms with Crippen LogP contribution in [0.4, 0.5) is 0 Å². The fraction of sp³-hybridized carbons (Fsp3) is 0.333. The van der Waals surface area contributed by atoms with E-state index in [2.05, 4.69) is 77.6 Å². The number of amides is 4. The quantitative estimate of drug-likeness (QED) is 0.0884. The summed E-state index contributed by atoms with van der Waals surface area (Å²) in [5.74, 6) is -1.21. The van der Waals surface area contributed by atoms with E-state index in [1.807, 2.05) is 38.1 Å². The van der Waals surface area contributed by atoms with Gasteiger partial charge in [0, 0.05) is 95.3 Å². The van der Waals surface area contributed by atoms with Crippen LogP contribution in [0.5, 0.6) is 0 Å². The third-order valence-electron chi connectivity index (χ3n) is 9.75. The van der Waals surface area contributed by atoms with Crippen molar-refractivity contribution < 1.29 is 19.2 Å². The fourth-order valence-electron chi connectivity index (χ4n) is 7.55. The summed E-state index contributed by atoms with van der Waals surface area (Å²) in [6.07, 6.45) is 5.25. The Hall–Kier alpha value is -2.40. The lowest BCUT2D eigenvalue weighted by Gasteiger charge is -2.34. The van der Waals surface area contributed by atoms with Crippen molar-refractivity contribution in [1.29, 1.82) is 0 Å². The molecular formula is C36H30Br4N2O4. The minimum atomic E-state index is -0.302. The van der Waals surface area contributed by atoms with Crippen molar-refractivity contribution in [3.05, 3.63) is 64.4 Å². The van der Waals surface area contributed by atoms with Crippen LogP contribution in [0.3, 0.4) is 0 Å². The molecule has 6 nitrogen and oxygen atoms in total. The van der Waals surface area contributed by atoms with Gasteiger partial charge in [-0.05, 0) is 51.0 Å². The molecule has 0 spiro atoms. The van der Waals surface area contributed by atoms with Crippen molar-refractivity contribution in [3.8, 4) is 0 Å². The molecule has 236 valence electrons. The number of nitrogens with zero attached hydrogens (tertiary/aromatic N) is 2. The number of hydrogen-bond acceptors (Lipinski definition) is 4. The number of rotatable bonds is 8. The zero-order chi connectivity index (χ0) is 32.9. The Labute approximate surface area is 300 Å². The zero-order valence-corrected chi connectivity index (χ0v) is 32.1. The zero-order valence-electron chi connectivity index (χ0n) is 25.7. The van der Waals surface area contributed by atoms with Gasteiger partial charge in [0.15, 0.2) is 0 Å². The number of halogens is 4. The third-order valence-corrected chi connectivity index (χ3v) is 12.2. The molecule has 2 heterocycles. The van der Waals surface area contributed by atoms with Gasteiger partial charge >= 0.3 is 0 Å². The van der Waals surface area contributed by atoms with Crippen LogP contribution in [0, 0.1) is 0 Å². The topological polar surface area (TPSA) is 74.8 Å². The third kappa shape index (κ3) is 4.35. The second-order valence-electron chi connectivity index (χ2n) is 12.6. The lowest BCUT2D eigenvalue weighted by molar-refractivity contribution is 0.0527. The average molecular weight is 874 g/mol. The first-order chi connectivity index (χ1) is 21.9. The van der Waals surface area contributed by atoms with Gasteiger partial charge < -0.3 is 0 Å². The smallest absolute Gasteiger partial charge is 0.261 e. The predicted molar refractivity (Wildman–Crippen MR) is 197 cm³/mol. The molecule has 2 aliphatic heterocycles. The summed E-state index contributed by atoms with van der Waals surface area (Å²) in [5, 5.41) is 6.00. The highest BCUT2D eigenvalue weighted by atomic mass is 79.9. The molecule has 0 saturated heterocycles. The van der Waals surface area contributed by atoms with E-state index in [0.29, 0.717) is 50.9 Å². The molecule has 5 aromatic carbocycles. The van der Waals surface area contributed by atoms with E-state index in [1.54, 1.807) is 0 Å². The summed E-state index contributed by atoms with van der Waals surface area (Å²) < 4.78 is 2.76. The summed E-state index contributed by atoms with van der Waals surface area (Å²) in [5.41, 5.74) is 1.89. The van der Waals surface area contributed by atoms with Crippen molar-refractivity contribution in [2.45, 2.75) is 78.3 Å². The maximum atomic E-state index is 14.1. The Morgan fingerprint density at radius 2 is 0.739 bits per heavy atom. The molecule has 0 bridgehead atoms. The van der Waals surface area contributed by atoms with Gasteiger partial charge in [0.2, 0.25) is 0 Å². The number of unbranched alkanes of at least 4 members (excludes halogenated alkanes) is 2. The van der Waals surface area contributed by atoms with Gasteiger partial charge in [-0.2, -0.15) is 0 Å². The average Bonchev–Trinajstić information content (AvgIpc) is 3.01. The van der Waals surface area contributed by atoms with Crippen molar-refractivity contribution in [3.63, 3.8) is 0 Å². The predicted octanol–water partition coefficient (Wildman–Crippen LogP) is 11.1. The van der Waals surface area contributed by atoms with Gasteiger partial charge in [-0.1, -0.05) is 103 Å². The first kappa shape index (κ1) is 32.2. The SMILES string of the molecule is CCCCC(C)N1C(=O)c2cc(Br)c3c4c(Br)cc5c6c(cc(Br)c(c7c(Br)cc(c2c37)C1=O)c64)C(=O)N(C(C)CCCC)C5=O. The molecule has 10 heteroatoms. The molecule has 2 aliphatic rings. The number of fused-ring (bicyclic) bond motifs is 2. The second kappa shape index (κ2) is 11.6. The summed E-state index contributed by atoms with van der Waals surface area (Å²) in [4.78, 5) is 59.2. The first-order valence-corrected chi connectivity index (χ1v) is 18.9. The van der Waals surface area contributed by atoms with Crippen LogP contribution in [0.2, 0.25) is 0 Å². The van der Waals surface area contributed by atoms with Crippen LogP contribution >= 0.6 is 63.7 Å². The van der Waals surface area contributed by atoms with E-state index in [9.17, 15) is 19.2 Å². The van der Waals surface area contributed by atoms with Crippen LogP contribution in [-0.4, -0.2) is 45.5 Å². The Morgan fingerprint density at radius 3 is 0.978 bits per heavy atom. The summed E-state index contributed by atoms with van der Waals surface area (Å²) in [7, 11) is 0.